The summed E-state index contributed by atoms with van der Waals surface area (Å²) < 4.78 is 33.8. The van der Waals surface area contributed by atoms with E-state index in [0.717, 1.165) is 4.31 Å². The molecule has 3 aromatic rings. The molecule has 0 aromatic heterocycles. The normalized spacial score (nSPS) is 12.1. The zero-order valence-electron chi connectivity index (χ0n) is 22.8. The fourth-order valence-electron chi connectivity index (χ4n) is 3.87. The van der Waals surface area contributed by atoms with E-state index in [4.69, 9.17) is 27.9 Å². The maximum absolute atomic E-state index is 13.9. The number of nitrogens with one attached hydrogen (secondary N) is 1. The third-order valence-electron chi connectivity index (χ3n) is 6.16. The van der Waals surface area contributed by atoms with Crippen LogP contribution < -0.4 is 14.4 Å². The topological polar surface area (TPSA) is 96.0 Å². The van der Waals surface area contributed by atoms with Crippen molar-refractivity contribution in [3.8, 4) is 5.75 Å². The number of ether oxygens (including phenoxy) is 1. The zero-order valence-corrected chi connectivity index (χ0v) is 25.1. The number of hydrogen-bond donors (Lipinski definition) is 1. The minimum absolute atomic E-state index is 0.00776. The number of benzene rings is 3. The van der Waals surface area contributed by atoms with Gasteiger partial charge in [0.15, 0.2) is 0 Å². The molecule has 0 saturated heterocycles. The van der Waals surface area contributed by atoms with Crippen molar-refractivity contribution in [1.82, 2.24) is 10.2 Å². The van der Waals surface area contributed by atoms with Crippen LogP contribution in [-0.4, -0.2) is 51.4 Å². The summed E-state index contributed by atoms with van der Waals surface area (Å²) in [7, 11) is -2.65. The van der Waals surface area contributed by atoms with Gasteiger partial charge >= 0.3 is 0 Å². The molecule has 0 unspecified atom stereocenters. The highest BCUT2D eigenvalue weighted by Crippen LogP contribution is 2.27. The predicted octanol–water partition coefficient (Wildman–Crippen LogP) is 5.39. The minimum Gasteiger partial charge on any atom is -0.497 e. The standard InChI is InChI=1S/C29H33Cl2N3O5S/c1-20(2)17-32-29(36)21(3)33(18-22-10-15-26(30)27(31)16-22)28(35)19-34(23-11-13-24(39-4)14-12-23)40(37,38)25-8-6-5-7-9-25/h5-16,20-21H,17-19H2,1-4H3,(H,32,36)/t21-/m0/s1. The fraction of sp³-hybridized carbons (Fsp3) is 0.310. The molecule has 0 radical (unpaired) electrons. The highest BCUT2D eigenvalue weighted by molar-refractivity contribution is 7.92. The van der Waals surface area contributed by atoms with Crippen molar-refractivity contribution in [2.24, 2.45) is 5.92 Å². The van der Waals surface area contributed by atoms with E-state index >= 15 is 0 Å². The van der Waals surface area contributed by atoms with Crippen LogP contribution >= 0.6 is 23.2 Å². The molecule has 0 aliphatic carbocycles. The van der Waals surface area contributed by atoms with E-state index in [1.807, 2.05) is 13.8 Å². The Morgan fingerprint density at radius 2 is 1.57 bits per heavy atom. The van der Waals surface area contributed by atoms with Crippen LogP contribution in [-0.2, 0) is 26.2 Å². The number of methoxy groups -OCH3 is 1. The molecule has 8 nitrogen and oxygen atoms in total. The maximum Gasteiger partial charge on any atom is 0.264 e. The Balaban J connectivity index is 2.01. The van der Waals surface area contributed by atoms with Gasteiger partial charge in [-0.1, -0.05) is 61.3 Å². The summed E-state index contributed by atoms with van der Waals surface area (Å²) in [5, 5.41) is 3.50. The van der Waals surface area contributed by atoms with E-state index < -0.39 is 28.5 Å². The Morgan fingerprint density at radius 1 is 0.925 bits per heavy atom. The molecule has 0 aliphatic heterocycles. The maximum atomic E-state index is 13.9. The zero-order chi connectivity index (χ0) is 29.4. The van der Waals surface area contributed by atoms with Crippen molar-refractivity contribution in [3.05, 3.63) is 88.4 Å². The lowest BCUT2D eigenvalue weighted by Crippen LogP contribution is -2.51. The first-order valence-electron chi connectivity index (χ1n) is 12.7. The van der Waals surface area contributed by atoms with Crippen LogP contribution in [0.15, 0.2) is 77.7 Å². The smallest absolute Gasteiger partial charge is 0.264 e. The monoisotopic (exact) mass is 605 g/mol. The summed E-state index contributed by atoms with van der Waals surface area (Å²) in [5.74, 6) is -0.196. The molecule has 0 heterocycles. The van der Waals surface area contributed by atoms with Crippen molar-refractivity contribution in [1.29, 1.82) is 0 Å². The Kier molecular flexibility index (Phi) is 10.8. The first-order valence-corrected chi connectivity index (χ1v) is 14.9. The number of carbonyl (C=O) groups excluding carboxylic acids is 2. The molecule has 0 spiro atoms. The molecule has 0 bridgehead atoms. The van der Waals surface area contributed by atoms with Gasteiger partial charge in [-0.3, -0.25) is 13.9 Å². The van der Waals surface area contributed by atoms with Crippen LogP contribution in [0.3, 0.4) is 0 Å². The number of nitrogens with zero attached hydrogens (tertiary/aromatic N) is 2. The number of hydrogen-bond acceptors (Lipinski definition) is 5. The second kappa shape index (κ2) is 13.9. The molecule has 214 valence electrons. The van der Waals surface area contributed by atoms with Crippen LogP contribution in [0.2, 0.25) is 10.0 Å². The molecule has 0 aliphatic rings. The van der Waals surface area contributed by atoms with Gasteiger partial charge in [-0.2, -0.15) is 0 Å². The van der Waals surface area contributed by atoms with Crippen molar-refractivity contribution in [2.75, 3.05) is 24.5 Å². The quantitative estimate of drug-likeness (QED) is 0.299. The van der Waals surface area contributed by atoms with Gasteiger partial charge in [0, 0.05) is 13.1 Å². The fourth-order valence-corrected chi connectivity index (χ4v) is 5.62. The van der Waals surface area contributed by atoms with Gasteiger partial charge in [-0.05, 0) is 66.9 Å². The first kappa shape index (κ1) is 31.3. The second-order valence-corrected chi connectivity index (χ2v) is 12.3. The van der Waals surface area contributed by atoms with Gasteiger partial charge in [0.25, 0.3) is 10.0 Å². The second-order valence-electron chi connectivity index (χ2n) is 9.61. The van der Waals surface area contributed by atoms with E-state index in [1.54, 1.807) is 67.6 Å². The van der Waals surface area contributed by atoms with Crippen molar-refractivity contribution in [2.45, 2.75) is 38.3 Å². The Bertz CT molecular complexity index is 1420. The van der Waals surface area contributed by atoms with E-state index in [-0.39, 0.29) is 29.0 Å². The number of carbonyl (C=O) groups is 2. The molecule has 11 heteroatoms. The lowest BCUT2D eigenvalue weighted by Gasteiger charge is -2.32. The lowest BCUT2D eigenvalue weighted by atomic mass is 10.1. The number of rotatable bonds is 12. The molecule has 40 heavy (non-hydrogen) atoms. The molecule has 3 aromatic carbocycles. The lowest BCUT2D eigenvalue weighted by molar-refractivity contribution is -0.139. The van der Waals surface area contributed by atoms with E-state index in [1.165, 1.54) is 24.1 Å². The Labute approximate surface area is 245 Å². The van der Waals surface area contributed by atoms with Crippen LogP contribution in [0.25, 0.3) is 0 Å². The highest BCUT2D eigenvalue weighted by atomic mass is 35.5. The van der Waals surface area contributed by atoms with Crippen LogP contribution in [0.1, 0.15) is 26.3 Å². The van der Waals surface area contributed by atoms with Gasteiger partial charge in [0.05, 0.1) is 27.7 Å². The van der Waals surface area contributed by atoms with E-state index in [9.17, 15) is 18.0 Å². The summed E-state index contributed by atoms with van der Waals surface area (Å²) in [4.78, 5) is 28.3. The number of anilines is 1. The van der Waals surface area contributed by atoms with Gasteiger partial charge in [-0.25, -0.2) is 8.42 Å². The van der Waals surface area contributed by atoms with E-state index in [2.05, 4.69) is 5.32 Å². The Hall–Kier alpha value is -3.27. The summed E-state index contributed by atoms with van der Waals surface area (Å²) in [6.07, 6.45) is 0. The molecule has 2 amide bonds. The molecule has 1 N–H and O–H groups in total. The van der Waals surface area contributed by atoms with Gasteiger partial charge in [-0.15, -0.1) is 0 Å². The van der Waals surface area contributed by atoms with Gasteiger partial charge < -0.3 is 15.0 Å². The molecule has 1 atom stereocenters. The van der Waals surface area contributed by atoms with Crippen LogP contribution in [0.5, 0.6) is 5.75 Å². The molecular formula is C29H33Cl2N3O5S. The summed E-state index contributed by atoms with van der Waals surface area (Å²) in [5.41, 5.74) is 0.901. The number of sulfonamides is 1. The van der Waals surface area contributed by atoms with Crippen LogP contribution in [0.4, 0.5) is 5.69 Å². The average Bonchev–Trinajstić information content (AvgIpc) is 2.95. The Morgan fingerprint density at radius 3 is 2.15 bits per heavy atom. The molecule has 0 saturated carbocycles. The van der Waals surface area contributed by atoms with Crippen molar-refractivity contribution in [3.63, 3.8) is 0 Å². The largest absolute Gasteiger partial charge is 0.497 e. The predicted molar refractivity (Wildman–Crippen MR) is 158 cm³/mol. The van der Waals surface area contributed by atoms with Gasteiger partial charge in [0.2, 0.25) is 11.8 Å². The molecule has 0 fully saturated rings. The molecule has 3 rings (SSSR count). The summed E-state index contributed by atoms with van der Waals surface area (Å²) in [6.45, 7) is 5.42. The molecular weight excluding hydrogens is 573 g/mol. The van der Waals surface area contributed by atoms with Crippen LogP contribution in [0, 0.1) is 5.92 Å². The minimum atomic E-state index is -4.15. The average molecular weight is 607 g/mol. The van der Waals surface area contributed by atoms with Gasteiger partial charge in [0.1, 0.15) is 18.3 Å². The highest BCUT2D eigenvalue weighted by Gasteiger charge is 2.32. The van der Waals surface area contributed by atoms with Crippen molar-refractivity contribution < 1.29 is 22.7 Å². The first-order chi connectivity index (χ1) is 18.9. The van der Waals surface area contributed by atoms with E-state index in [0.29, 0.717) is 27.9 Å². The number of halogens is 2. The third-order valence-corrected chi connectivity index (χ3v) is 8.69. The summed E-state index contributed by atoms with van der Waals surface area (Å²) in [6, 6.07) is 18.2. The number of amides is 2. The third kappa shape index (κ3) is 7.90. The van der Waals surface area contributed by atoms with Crippen molar-refractivity contribution >= 4 is 50.7 Å². The summed E-state index contributed by atoms with van der Waals surface area (Å²) >= 11 is 12.3. The SMILES string of the molecule is COc1ccc(N(CC(=O)N(Cc2ccc(Cl)c(Cl)c2)[C@@H](C)C(=O)NCC(C)C)S(=O)(=O)c2ccccc2)cc1.